The lowest BCUT2D eigenvalue weighted by Gasteiger charge is -2.36. The molecule has 138 valence electrons. The van der Waals surface area contributed by atoms with Gasteiger partial charge in [0.1, 0.15) is 0 Å². The molecular formula is C22H29N3O. The molecular weight excluding hydrogens is 322 g/mol. The summed E-state index contributed by atoms with van der Waals surface area (Å²) in [6.45, 7) is 1.81. The molecule has 1 aliphatic rings. The zero-order valence-corrected chi connectivity index (χ0v) is 15.9. The van der Waals surface area contributed by atoms with Gasteiger partial charge in [0, 0.05) is 31.4 Å². The van der Waals surface area contributed by atoms with Crippen molar-refractivity contribution in [3.8, 4) is 0 Å². The van der Waals surface area contributed by atoms with E-state index in [4.69, 9.17) is 0 Å². The number of aromatic nitrogens is 1. The van der Waals surface area contributed by atoms with Crippen molar-refractivity contribution in [3.05, 3.63) is 65.5 Å². The smallest absolute Gasteiger partial charge is 0.223 e. The minimum absolute atomic E-state index is 0.216. The van der Waals surface area contributed by atoms with Gasteiger partial charge in [0.25, 0.3) is 0 Å². The second-order valence-corrected chi connectivity index (χ2v) is 7.40. The Labute approximate surface area is 156 Å². The molecule has 1 fully saturated rings. The molecule has 0 aliphatic carbocycles. The highest BCUT2D eigenvalue weighted by molar-refractivity contribution is 5.77. The number of carbonyl (C=O) groups excluding carboxylic acids is 1. The van der Waals surface area contributed by atoms with Crippen LogP contribution in [-0.2, 0) is 17.8 Å². The largest absolute Gasteiger partial charge is 0.336 e. The number of benzene rings is 1. The molecule has 1 aromatic carbocycles. The quantitative estimate of drug-likeness (QED) is 0.794. The third kappa shape index (κ3) is 4.92. The summed E-state index contributed by atoms with van der Waals surface area (Å²) in [5.74, 6) is 0.248. The molecule has 0 radical (unpaired) electrons. The van der Waals surface area contributed by atoms with Crippen LogP contribution in [0.1, 0.15) is 48.5 Å². The molecule has 2 heterocycles. The minimum atomic E-state index is 0.216. The van der Waals surface area contributed by atoms with Gasteiger partial charge in [-0.15, -0.1) is 0 Å². The third-order valence-corrected chi connectivity index (χ3v) is 5.01. The maximum atomic E-state index is 12.9. The lowest BCUT2D eigenvalue weighted by molar-refractivity contribution is -0.135. The molecule has 0 unspecified atom stereocenters. The summed E-state index contributed by atoms with van der Waals surface area (Å²) in [6.07, 6.45) is 6.39. The number of hydrogen-bond donors (Lipinski definition) is 0. The van der Waals surface area contributed by atoms with E-state index in [1.54, 1.807) is 6.20 Å². The van der Waals surface area contributed by atoms with E-state index in [-0.39, 0.29) is 11.9 Å². The summed E-state index contributed by atoms with van der Waals surface area (Å²) < 4.78 is 0. The van der Waals surface area contributed by atoms with Crippen LogP contribution in [0.4, 0.5) is 0 Å². The fourth-order valence-corrected chi connectivity index (χ4v) is 3.71. The van der Waals surface area contributed by atoms with Crippen LogP contribution in [0.5, 0.6) is 0 Å². The van der Waals surface area contributed by atoms with Crippen LogP contribution in [-0.4, -0.2) is 41.3 Å². The van der Waals surface area contributed by atoms with Gasteiger partial charge in [-0.3, -0.25) is 9.78 Å². The van der Waals surface area contributed by atoms with Crippen molar-refractivity contribution >= 4 is 5.91 Å². The Morgan fingerprint density at radius 2 is 1.96 bits per heavy atom. The molecule has 4 nitrogen and oxygen atoms in total. The first-order chi connectivity index (χ1) is 12.6. The van der Waals surface area contributed by atoms with Gasteiger partial charge in [0.15, 0.2) is 0 Å². The molecule has 1 aliphatic heterocycles. The number of rotatable bonds is 6. The van der Waals surface area contributed by atoms with E-state index >= 15 is 0 Å². The second-order valence-electron chi connectivity index (χ2n) is 7.40. The summed E-state index contributed by atoms with van der Waals surface area (Å²) in [6, 6.07) is 14.9. The molecule has 1 aromatic heterocycles. The molecule has 0 spiro atoms. The predicted molar refractivity (Wildman–Crippen MR) is 105 cm³/mol. The molecule has 1 atom stereocenters. The van der Waals surface area contributed by atoms with Crippen molar-refractivity contribution in [3.63, 3.8) is 0 Å². The van der Waals surface area contributed by atoms with Gasteiger partial charge in [-0.05, 0) is 63.0 Å². The van der Waals surface area contributed by atoms with E-state index in [9.17, 15) is 4.79 Å². The molecule has 0 saturated carbocycles. The zero-order chi connectivity index (χ0) is 18.4. The third-order valence-electron chi connectivity index (χ3n) is 5.01. The predicted octanol–water partition coefficient (Wildman–Crippen LogP) is 3.83. The van der Waals surface area contributed by atoms with Crippen molar-refractivity contribution < 1.29 is 4.79 Å². The number of piperidine rings is 1. The van der Waals surface area contributed by atoms with Crippen LogP contribution in [0.2, 0.25) is 0 Å². The van der Waals surface area contributed by atoms with Crippen LogP contribution in [0.25, 0.3) is 0 Å². The normalized spacial score (nSPS) is 17.5. The fourth-order valence-electron chi connectivity index (χ4n) is 3.71. The molecule has 2 aromatic rings. The number of aryl methyl sites for hydroxylation is 1. The fraction of sp³-hybridized carbons (Fsp3) is 0.455. The maximum absolute atomic E-state index is 12.9. The van der Waals surface area contributed by atoms with Gasteiger partial charge in [-0.1, -0.05) is 30.3 Å². The first kappa shape index (κ1) is 18.6. The van der Waals surface area contributed by atoms with E-state index in [2.05, 4.69) is 53.1 Å². The highest BCUT2D eigenvalue weighted by Crippen LogP contribution is 2.31. The highest BCUT2D eigenvalue weighted by atomic mass is 16.2. The lowest BCUT2D eigenvalue weighted by atomic mass is 9.94. The van der Waals surface area contributed by atoms with Crippen LogP contribution in [0.15, 0.2) is 48.7 Å². The summed E-state index contributed by atoms with van der Waals surface area (Å²) in [5.41, 5.74) is 3.56. The monoisotopic (exact) mass is 351 g/mol. The molecule has 3 rings (SSSR count). The van der Waals surface area contributed by atoms with Crippen LogP contribution < -0.4 is 0 Å². The molecule has 26 heavy (non-hydrogen) atoms. The number of hydrogen-bond acceptors (Lipinski definition) is 3. The average molecular weight is 351 g/mol. The zero-order valence-electron chi connectivity index (χ0n) is 15.9. The van der Waals surface area contributed by atoms with Crippen molar-refractivity contribution in [1.29, 1.82) is 0 Å². The number of nitrogens with zero attached hydrogens (tertiary/aromatic N) is 3. The summed E-state index contributed by atoms with van der Waals surface area (Å²) in [5, 5.41) is 0. The Bertz CT molecular complexity index is 697. The van der Waals surface area contributed by atoms with Crippen LogP contribution in [0.3, 0.4) is 0 Å². The maximum Gasteiger partial charge on any atom is 0.223 e. The summed E-state index contributed by atoms with van der Waals surface area (Å²) in [7, 11) is 4.16. The van der Waals surface area contributed by atoms with Crippen molar-refractivity contribution in [2.24, 2.45) is 0 Å². The highest BCUT2D eigenvalue weighted by Gasteiger charge is 2.27. The second kappa shape index (κ2) is 8.95. The Morgan fingerprint density at radius 3 is 2.65 bits per heavy atom. The first-order valence-corrected chi connectivity index (χ1v) is 9.56. The van der Waals surface area contributed by atoms with E-state index in [1.807, 2.05) is 18.2 Å². The van der Waals surface area contributed by atoms with Gasteiger partial charge in [0.05, 0.1) is 6.04 Å². The standard InChI is InChI=1S/C22H29N3O/c1-24(2)17-18-9-11-19(12-10-18)21-8-4-6-16-25(21)22(26)14-13-20-7-3-5-15-23-20/h3,5,7,9-12,15,21H,4,6,8,13-14,16-17H2,1-2H3/t21-/m0/s1. The van der Waals surface area contributed by atoms with Gasteiger partial charge >= 0.3 is 0 Å². The average Bonchev–Trinajstić information content (AvgIpc) is 2.67. The van der Waals surface area contributed by atoms with Gasteiger partial charge in [-0.25, -0.2) is 0 Å². The van der Waals surface area contributed by atoms with Crippen LogP contribution in [0, 0.1) is 0 Å². The molecule has 0 N–H and O–H groups in total. The van der Waals surface area contributed by atoms with Crippen LogP contribution >= 0.6 is 0 Å². The number of amides is 1. The van der Waals surface area contributed by atoms with Gasteiger partial charge in [0.2, 0.25) is 5.91 Å². The van der Waals surface area contributed by atoms with E-state index in [0.717, 1.165) is 31.6 Å². The number of carbonyl (C=O) groups is 1. The van der Waals surface area contributed by atoms with E-state index < -0.39 is 0 Å². The SMILES string of the molecule is CN(C)Cc1ccc([C@@H]2CCCCN2C(=O)CCc2ccccn2)cc1. The van der Waals surface area contributed by atoms with E-state index in [1.165, 1.54) is 17.5 Å². The van der Waals surface area contributed by atoms with E-state index in [0.29, 0.717) is 12.8 Å². The minimum Gasteiger partial charge on any atom is -0.336 e. The molecule has 1 saturated heterocycles. The number of likely N-dealkylation sites (tertiary alicyclic amines) is 1. The Kier molecular flexibility index (Phi) is 6.40. The summed E-state index contributed by atoms with van der Waals surface area (Å²) in [4.78, 5) is 21.5. The lowest BCUT2D eigenvalue weighted by Crippen LogP contribution is -2.38. The summed E-state index contributed by atoms with van der Waals surface area (Å²) >= 11 is 0. The van der Waals surface area contributed by atoms with Gasteiger partial charge in [-0.2, -0.15) is 0 Å². The number of pyridine rings is 1. The molecule has 1 amide bonds. The Hall–Kier alpha value is -2.20. The molecule has 0 bridgehead atoms. The van der Waals surface area contributed by atoms with Crippen molar-refractivity contribution in [2.45, 2.75) is 44.7 Å². The Morgan fingerprint density at radius 1 is 1.15 bits per heavy atom. The Balaban J connectivity index is 1.66. The van der Waals surface area contributed by atoms with Gasteiger partial charge < -0.3 is 9.80 Å². The van der Waals surface area contributed by atoms with Crippen molar-refractivity contribution in [1.82, 2.24) is 14.8 Å². The topological polar surface area (TPSA) is 36.4 Å². The first-order valence-electron chi connectivity index (χ1n) is 9.56. The molecule has 4 heteroatoms. The van der Waals surface area contributed by atoms with Crippen molar-refractivity contribution in [2.75, 3.05) is 20.6 Å².